The van der Waals surface area contributed by atoms with Crippen molar-refractivity contribution < 1.29 is 22.7 Å². The molecule has 1 amide bonds. The predicted molar refractivity (Wildman–Crippen MR) is 107 cm³/mol. The van der Waals surface area contributed by atoms with Crippen LogP contribution in [0.5, 0.6) is 0 Å². The van der Waals surface area contributed by atoms with E-state index in [2.05, 4.69) is 32.3 Å². The maximum atomic E-state index is 12.6. The summed E-state index contributed by atoms with van der Waals surface area (Å²) in [4.78, 5) is 24.1. The van der Waals surface area contributed by atoms with Crippen LogP contribution < -0.4 is 10.6 Å². The fraction of sp³-hybridized carbons (Fsp3) is 0.200. The molecule has 0 atom stereocenters. The zero-order valence-corrected chi connectivity index (χ0v) is 16.3. The number of aromatic nitrogens is 2. The van der Waals surface area contributed by atoms with Crippen molar-refractivity contribution in [1.82, 2.24) is 15.3 Å². The summed E-state index contributed by atoms with van der Waals surface area (Å²) in [7, 11) is 0. The number of anilines is 2. The molecule has 158 valence electrons. The van der Waals surface area contributed by atoms with Gasteiger partial charge in [0, 0.05) is 18.0 Å². The minimum absolute atomic E-state index is 0.150. The van der Waals surface area contributed by atoms with Crippen molar-refractivity contribution >= 4 is 24.3 Å². The lowest BCUT2D eigenvalue weighted by Gasteiger charge is -2.13. The molecule has 0 bridgehead atoms. The van der Waals surface area contributed by atoms with Gasteiger partial charge in [0.25, 0.3) is 5.91 Å². The molecule has 2 aromatic rings. The molecule has 0 aliphatic carbocycles. The van der Waals surface area contributed by atoms with E-state index in [1.807, 2.05) is 0 Å². The van der Waals surface area contributed by atoms with Crippen molar-refractivity contribution in [3.63, 3.8) is 0 Å². The van der Waals surface area contributed by atoms with Gasteiger partial charge in [-0.2, -0.15) is 13.2 Å². The summed E-state index contributed by atoms with van der Waals surface area (Å²) in [6.07, 6.45) is 0.659. The molecule has 0 radical (unpaired) electrons. The van der Waals surface area contributed by atoms with Crippen LogP contribution in [0.15, 0.2) is 65.4 Å². The van der Waals surface area contributed by atoms with E-state index < -0.39 is 17.6 Å². The summed E-state index contributed by atoms with van der Waals surface area (Å²) < 4.78 is 43.4. The Morgan fingerprint density at radius 3 is 2.60 bits per heavy atom. The van der Waals surface area contributed by atoms with E-state index >= 15 is 0 Å². The van der Waals surface area contributed by atoms with Crippen molar-refractivity contribution in [2.45, 2.75) is 20.0 Å². The molecular weight excluding hydrogens is 399 g/mol. The number of aliphatic imine (C=N–C) groups is 1. The summed E-state index contributed by atoms with van der Waals surface area (Å²) in [5.41, 5.74) is -0.283. The normalized spacial score (nSPS) is 12.3. The molecule has 0 aliphatic heterocycles. The third-order valence-electron chi connectivity index (χ3n) is 3.67. The zero-order chi connectivity index (χ0) is 22.1. The minimum atomic E-state index is -4.47. The van der Waals surface area contributed by atoms with Crippen LogP contribution in [0.1, 0.15) is 29.8 Å². The summed E-state index contributed by atoms with van der Waals surface area (Å²) in [6.45, 7) is 7.33. The van der Waals surface area contributed by atoms with Crippen LogP contribution in [0.3, 0.4) is 0 Å². The Bertz CT molecular complexity index is 954. The van der Waals surface area contributed by atoms with Crippen molar-refractivity contribution in [3.8, 4) is 0 Å². The number of nitrogens with one attached hydrogen (secondary N) is 2. The number of pyridine rings is 2. The molecule has 10 heteroatoms. The largest absolute Gasteiger partial charge is 0.492 e. The van der Waals surface area contributed by atoms with Gasteiger partial charge in [-0.15, -0.1) is 0 Å². The maximum Gasteiger partial charge on any atom is 0.417 e. The monoisotopic (exact) mass is 419 g/mol. The number of carbonyl (C=O) groups is 1. The average Bonchev–Trinajstić information content (AvgIpc) is 2.71. The van der Waals surface area contributed by atoms with Crippen LogP contribution >= 0.6 is 0 Å². The number of rotatable bonds is 8. The Labute approximate surface area is 171 Å². The fourth-order valence-corrected chi connectivity index (χ4v) is 2.32. The molecule has 0 saturated carbocycles. The first-order valence-corrected chi connectivity index (χ1v) is 8.81. The van der Waals surface area contributed by atoms with Gasteiger partial charge in [0.15, 0.2) is 0 Å². The summed E-state index contributed by atoms with van der Waals surface area (Å²) >= 11 is 0. The van der Waals surface area contributed by atoms with Crippen molar-refractivity contribution in [1.29, 1.82) is 0 Å². The highest BCUT2D eigenvalue weighted by atomic mass is 19.4. The lowest BCUT2D eigenvalue weighted by Crippen LogP contribution is -2.24. The van der Waals surface area contributed by atoms with Crippen LogP contribution in [0.4, 0.5) is 24.8 Å². The lowest BCUT2D eigenvalue weighted by molar-refractivity contribution is -0.137. The molecule has 7 nitrogen and oxygen atoms in total. The summed E-state index contributed by atoms with van der Waals surface area (Å²) in [5.74, 6) is 0.352. The summed E-state index contributed by atoms with van der Waals surface area (Å²) in [5, 5.41) is 5.45. The van der Waals surface area contributed by atoms with Crippen LogP contribution in [0.2, 0.25) is 0 Å². The van der Waals surface area contributed by atoms with E-state index in [1.54, 1.807) is 19.9 Å². The Hall–Kier alpha value is -3.69. The topological polar surface area (TPSA) is 88.5 Å². The molecule has 0 saturated heterocycles. The molecule has 2 rings (SSSR count). The number of carbonyl (C=O) groups excluding carboxylic acids is 1. The minimum Gasteiger partial charge on any atom is -0.492 e. The van der Waals surface area contributed by atoms with Crippen molar-refractivity contribution in [2.24, 2.45) is 4.99 Å². The van der Waals surface area contributed by atoms with Gasteiger partial charge in [0.2, 0.25) is 0 Å². The predicted octanol–water partition coefficient (Wildman–Crippen LogP) is 4.45. The first-order chi connectivity index (χ1) is 14.3. The number of ether oxygens (including phenoxy) is 1. The number of alkyl halides is 3. The smallest absolute Gasteiger partial charge is 0.417 e. The van der Waals surface area contributed by atoms with Gasteiger partial charge in [0.1, 0.15) is 23.1 Å². The first-order valence-electron chi connectivity index (χ1n) is 8.81. The van der Waals surface area contributed by atoms with E-state index in [-0.39, 0.29) is 17.2 Å². The highest BCUT2D eigenvalue weighted by Gasteiger charge is 2.30. The van der Waals surface area contributed by atoms with Gasteiger partial charge < -0.3 is 15.4 Å². The lowest BCUT2D eigenvalue weighted by atomic mass is 10.2. The molecular formula is C20H20F3N5O2. The van der Waals surface area contributed by atoms with Crippen molar-refractivity contribution in [2.75, 3.05) is 11.9 Å². The number of hydrogen-bond donors (Lipinski definition) is 2. The Kier molecular flexibility index (Phi) is 7.68. The second-order valence-electron chi connectivity index (χ2n) is 5.75. The molecule has 30 heavy (non-hydrogen) atoms. The quantitative estimate of drug-likeness (QED) is 0.375. The van der Waals surface area contributed by atoms with E-state index in [1.165, 1.54) is 30.6 Å². The van der Waals surface area contributed by atoms with Crippen molar-refractivity contribution in [3.05, 3.63) is 71.5 Å². The SMILES string of the molecule is C=N/C=C(NC(=O)c1ccnc(Nc2ccc(C(F)(F)F)cn2)c1)\C(=C/C)OCC. The number of hydrogen-bond acceptors (Lipinski definition) is 6. The van der Waals surface area contributed by atoms with Gasteiger partial charge in [-0.1, -0.05) is 0 Å². The third-order valence-corrected chi connectivity index (χ3v) is 3.67. The molecule has 0 aromatic carbocycles. The molecule has 2 N–H and O–H groups in total. The standard InChI is InChI=1S/C20H20F3N5O2/c1-4-16(30-5-2)15(12-24-3)27-19(29)13-8-9-25-18(10-13)28-17-7-6-14(11-26-17)20(21,22)23/h4,6-12H,3,5H2,1-2H3,(H,27,29)(H,25,26,28)/b15-12+,16-4+. The van der Waals surface area contributed by atoms with Gasteiger partial charge >= 0.3 is 6.18 Å². The molecule has 2 heterocycles. The second kappa shape index (κ2) is 10.2. The van der Waals surface area contributed by atoms with Crippen LogP contribution in [0.25, 0.3) is 0 Å². The Morgan fingerprint density at radius 1 is 1.27 bits per heavy atom. The Morgan fingerprint density at radius 2 is 2.03 bits per heavy atom. The van der Waals surface area contributed by atoms with E-state index in [9.17, 15) is 18.0 Å². The first kappa shape index (κ1) is 22.6. The van der Waals surface area contributed by atoms with Gasteiger partial charge in [0.05, 0.1) is 18.4 Å². The summed E-state index contributed by atoms with van der Waals surface area (Å²) in [6, 6.07) is 4.99. The molecule has 2 aromatic heterocycles. The highest BCUT2D eigenvalue weighted by molar-refractivity contribution is 5.96. The second-order valence-corrected chi connectivity index (χ2v) is 5.75. The number of halogens is 3. The Balaban J connectivity index is 2.16. The van der Waals surface area contributed by atoms with Crippen LogP contribution in [-0.4, -0.2) is 29.2 Å². The molecule has 0 unspecified atom stereocenters. The molecule has 0 fully saturated rings. The van der Waals surface area contributed by atoms with E-state index in [0.29, 0.717) is 24.3 Å². The average molecular weight is 419 g/mol. The third kappa shape index (κ3) is 6.16. The van der Waals surface area contributed by atoms with Gasteiger partial charge in [-0.3, -0.25) is 9.79 Å². The maximum absolute atomic E-state index is 12.6. The fourth-order valence-electron chi connectivity index (χ4n) is 2.32. The number of nitrogens with zero attached hydrogens (tertiary/aromatic N) is 3. The van der Waals surface area contributed by atoms with Crippen LogP contribution in [0, 0.1) is 0 Å². The van der Waals surface area contributed by atoms with Gasteiger partial charge in [-0.25, -0.2) is 9.97 Å². The molecule has 0 aliphatic rings. The highest BCUT2D eigenvalue weighted by Crippen LogP contribution is 2.29. The zero-order valence-electron chi connectivity index (χ0n) is 16.3. The van der Waals surface area contributed by atoms with Gasteiger partial charge in [-0.05, 0) is 50.9 Å². The van der Waals surface area contributed by atoms with E-state index in [4.69, 9.17) is 4.74 Å². The van der Waals surface area contributed by atoms with E-state index in [0.717, 1.165) is 6.07 Å². The number of allylic oxidation sites excluding steroid dienone is 1. The molecule has 0 spiro atoms. The number of amides is 1. The van der Waals surface area contributed by atoms with Crippen LogP contribution in [-0.2, 0) is 10.9 Å².